The number of nitrogens with zero attached hydrogens (tertiary/aromatic N) is 2. The summed E-state index contributed by atoms with van der Waals surface area (Å²) >= 11 is 0. The Hall–Kier alpha value is -3.19. The fourth-order valence-electron chi connectivity index (χ4n) is 3.32. The highest BCUT2D eigenvalue weighted by Crippen LogP contribution is 2.29. The van der Waals surface area contributed by atoms with Crippen molar-refractivity contribution < 1.29 is 18.9 Å². The maximum Gasteiger partial charge on any atom is 0.203 e. The number of aromatic nitrogens is 2. The molecule has 0 aliphatic carbocycles. The second-order valence-electron chi connectivity index (χ2n) is 6.84. The molecule has 1 heterocycles. The van der Waals surface area contributed by atoms with Crippen LogP contribution < -0.4 is 19.5 Å². The standard InChI is InChI=1S/C24H31N3O4/c1-5-30-20-10-8-19(9-11-20)21-17-26-24(27(21)13-14-28-3)25-16-18-7-12-22(31-6-2)23(15-18)29-4/h7-12,15,17H,5-6,13-14,16H2,1-4H3,(H,25,26). The molecule has 1 aromatic heterocycles. The first kappa shape index (κ1) is 22.5. The van der Waals surface area contributed by atoms with Crippen LogP contribution in [0.1, 0.15) is 19.4 Å². The third-order valence-electron chi connectivity index (χ3n) is 4.81. The predicted octanol–water partition coefficient (Wildman–Crippen LogP) is 4.61. The van der Waals surface area contributed by atoms with E-state index in [1.165, 1.54) is 0 Å². The van der Waals surface area contributed by atoms with Crippen LogP contribution >= 0.6 is 0 Å². The van der Waals surface area contributed by atoms with E-state index in [1.54, 1.807) is 14.2 Å². The zero-order valence-corrected chi connectivity index (χ0v) is 18.7. The fraction of sp³-hybridized carbons (Fsp3) is 0.375. The van der Waals surface area contributed by atoms with Crippen LogP contribution in [0.2, 0.25) is 0 Å². The first-order chi connectivity index (χ1) is 15.2. The normalized spacial score (nSPS) is 10.7. The Balaban J connectivity index is 1.79. The maximum absolute atomic E-state index is 5.60. The number of nitrogens with one attached hydrogen (secondary N) is 1. The number of imidazole rings is 1. The lowest BCUT2D eigenvalue weighted by molar-refractivity contribution is 0.188. The minimum absolute atomic E-state index is 0.589. The van der Waals surface area contributed by atoms with Crippen molar-refractivity contribution in [3.8, 4) is 28.5 Å². The van der Waals surface area contributed by atoms with E-state index in [-0.39, 0.29) is 0 Å². The second-order valence-corrected chi connectivity index (χ2v) is 6.84. The van der Waals surface area contributed by atoms with Crippen LogP contribution in [0, 0.1) is 0 Å². The molecular formula is C24H31N3O4. The van der Waals surface area contributed by atoms with Crippen molar-refractivity contribution in [3.05, 3.63) is 54.2 Å². The summed E-state index contributed by atoms with van der Waals surface area (Å²) in [5.74, 6) is 3.11. The zero-order chi connectivity index (χ0) is 22.1. The smallest absolute Gasteiger partial charge is 0.203 e. The molecule has 0 spiro atoms. The van der Waals surface area contributed by atoms with Gasteiger partial charge in [0.2, 0.25) is 5.95 Å². The van der Waals surface area contributed by atoms with Gasteiger partial charge in [-0.3, -0.25) is 0 Å². The van der Waals surface area contributed by atoms with Crippen LogP contribution in [0.3, 0.4) is 0 Å². The Morgan fingerprint density at radius 1 is 0.935 bits per heavy atom. The molecule has 0 amide bonds. The van der Waals surface area contributed by atoms with E-state index in [0.29, 0.717) is 32.9 Å². The molecule has 166 valence electrons. The lowest BCUT2D eigenvalue weighted by atomic mass is 10.1. The van der Waals surface area contributed by atoms with Crippen LogP contribution in [-0.2, 0) is 17.8 Å². The van der Waals surface area contributed by atoms with Crippen LogP contribution in [-0.4, -0.2) is 43.6 Å². The number of methoxy groups -OCH3 is 2. The Morgan fingerprint density at radius 3 is 2.39 bits per heavy atom. The van der Waals surface area contributed by atoms with Crippen molar-refractivity contribution >= 4 is 5.95 Å². The van der Waals surface area contributed by atoms with Gasteiger partial charge in [0.1, 0.15) is 5.75 Å². The largest absolute Gasteiger partial charge is 0.494 e. The summed E-state index contributed by atoms with van der Waals surface area (Å²) in [6.07, 6.45) is 1.88. The van der Waals surface area contributed by atoms with Gasteiger partial charge in [0.25, 0.3) is 0 Å². The Labute approximate surface area is 183 Å². The summed E-state index contributed by atoms with van der Waals surface area (Å²) in [4.78, 5) is 4.62. The van der Waals surface area contributed by atoms with E-state index in [1.807, 2.05) is 62.5 Å². The third-order valence-corrected chi connectivity index (χ3v) is 4.81. The van der Waals surface area contributed by atoms with Gasteiger partial charge < -0.3 is 28.8 Å². The number of anilines is 1. The molecule has 0 saturated carbocycles. The first-order valence-electron chi connectivity index (χ1n) is 10.5. The van der Waals surface area contributed by atoms with Crippen LogP contribution in [0.15, 0.2) is 48.7 Å². The van der Waals surface area contributed by atoms with Crippen LogP contribution in [0.5, 0.6) is 17.2 Å². The average Bonchev–Trinajstić information content (AvgIpc) is 3.20. The molecule has 0 atom stereocenters. The summed E-state index contributed by atoms with van der Waals surface area (Å²) in [5, 5.41) is 3.44. The van der Waals surface area contributed by atoms with Gasteiger partial charge >= 0.3 is 0 Å². The minimum Gasteiger partial charge on any atom is -0.494 e. The Bertz CT molecular complexity index is 954. The summed E-state index contributed by atoms with van der Waals surface area (Å²) < 4.78 is 24.1. The molecule has 7 nitrogen and oxygen atoms in total. The van der Waals surface area contributed by atoms with Crippen molar-refractivity contribution in [1.29, 1.82) is 0 Å². The molecule has 3 aromatic rings. The van der Waals surface area contributed by atoms with E-state index in [0.717, 1.165) is 40.0 Å². The SMILES string of the molecule is CCOc1ccc(-c2cnc(NCc3ccc(OCC)c(OC)c3)n2CCOC)cc1. The van der Waals surface area contributed by atoms with Gasteiger partial charge in [-0.2, -0.15) is 0 Å². The molecule has 2 aromatic carbocycles. The van der Waals surface area contributed by atoms with Gasteiger partial charge in [-0.25, -0.2) is 4.98 Å². The summed E-state index contributed by atoms with van der Waals surface area (Å²) in [6, 6.07) is 14.0. The van der Waals surface area contributed by atoms with Gasteiger partial charge in [0, 0.05) is 25.8 Å². The monoisotopic (exact) mass is 425 g/mol. The lowest BCUT2D eigenvalue weighted by Crippen LogP contribution is -2.12. The van der Waals surface area contributed by atoms with Crippen molar-refractivity contribution in [3.63, 3.8) is 0 Å². The summed E-state index contributed by atoms with van der Waals surface area (Å²) in [6.45, 7) is 7.06. The molecule has 7 heteroatoms. The van der Waals surface area contributed by atoms with E-state index < -0.39 is 0 Å². The Morgan fingerprint density at radius 2 is 1.71 bits per heavy atom. The number of ether oxygens (including phenoxy) is 4. The molecule has 0 fully saturated rings. The summed E-state index contributed by atoms with van der Waals surface area (Å²) in [5.41, 5.74) is 3.17. The topological polar surface area (TPSA) is 66.8 Å². The molecule has 0 unspecified atom stereocenters. The molecule has 31 heavy (non-hydrogen) atoms. The molecular weight excluding hydrogens is 394 g/mol. The predicted molar refractivity (Wildman–Crippen MR) is 122 cm³/mol. The van der Waals surface area contributed by atoms with Crippen LogP contribution in [0.4, 0.5) is 5.95 Å². The van der Waals surface area contributed by atoms with E-state index in [4.69, 9.17) is 18.9 Å². The van der Waals surface area contributed by atoms with E-state index in [9.17, 15) is 0 Å². The number of hydrogen-bond donors (Lipinski definition) is 1. The molecule has 0 aliphatic rings. The second kappa shape index (κ2) is 11.3. The molecule has 0 aliphatic heterocycles. The number of hydrogen-bond acceptors (Lipinski definition) is 6. The van der Waals surface area contributed by atoms with Gasteiger partial charge in [-0.1, -0.05) is 6.07 Å². The van der Waals surface area contributed by atoms with E-state index in [2.05, 4.69) is 14.9 Å². The number of rotatable bonds is 12. The minimum atomic E-state index is 0.589. The quantitative estimate of drug-likeness (QED) is 0.457. The van der Waals surface area contributed by atoms with Gasteiger partial charge in [0.15, 0.2) is 11.5 Å². The van der Waals surface area contributed by atoms with Crippen molar-refractivity contribution in [2.45, 2.75) is 26.9 Å². The van der Waals surface area contributed by atoms with Gasteiger partial charge in [-0.05, 0) is 55.8 Å². The fourth-order valence-corrected chi connectivity index (χ4v) is 3.32. The Kier molecular flexibility index (Phi) is 8.18. The highest BCUT2D eigenvalue weighted by atomic mass is 16.5. The molecule has 3 rings (SSSR count). The van der Waals surface area contributed by atoms with Crippen molar-refractivity contribution in [2.24, 2.45) is 0 Å². The highest BCUT2D eigenvalue weighted by molar-refractivity contribution is 5.62. The van der Waals surface area contributed by atoms with Gasteiger partial charge in [-0.15, -0.1) is 0 Å². The maximum atomic E-state index is 5.60. The van der Waals surface area contributed by atoms with Crippen LogP contribution in [0.25, 0.3) is 11.3 Å². The van der Waals surface area contributed by atoms with E-state index >= 15 is 0 Å². The number of benzene rings is 2. The molecule has 0 bridgehead atoms. The molecule has 0 saturated heterocycles. The van der Waals surface area contributed by atoms with Crippen molar-refractivity contribution in [1.82, 2.24) is 9.55 Å². The van der Waals surface area contributed by atoms with Gasteiger partial charge in [0.05, 0.1) is 38.8 Å². The highest BCUT2D eigenvalue weighted by Gasteiger charge is 2.13. The molecule has 0 radical (unpaired) electrons. The third kappa shape index (κ3) is 5.70. The average molecular weight is 426 g/mol. The zero-order valence-electron chi connectivity index (χ0n) is 18.7. The lowest BCUT2D eigenvalue weighted by Gasteiger charge is -2.14. The van der Waals surface area contributed by atoms with Crippen molar-refractivity contribution in [2.75, 3.05) is 39.4 Å². The first-order valence-corrected chi connectivity index (χ1v) is 10.5. The molecule has 1 N–H and O–H groups in total. The summed E-state index contributed by atoms with van der Waals surface area (Å²) in [7, 11) is 3.35.